The summed E-state index contributed by atoms with van der Waals surface area (Å²) in [4.78, 5) is 0. The lowest BCUT2D eigenvalue weighted by molar-refractivity contribution is 0.452. The van der Waals surface area contributed by atoms with Crippen LogP contribution >= 0.6 is 11.6 Å². The third-order valence-corrected chi connectivity index (χ3v) is 3.43. The zero-order valence-electron chi connectivity index (χ0n) is 9.50. The Hall–Kier alpha value is -1.72. The molecule has 0 unspecified atom stereocenters. The van der Waals surface area contributed by atoms with Crippen LogP contribution in [0.4, 0.5) is 0 Å². The molecule has 0 fully saturated rings. The van der Waals surface area contributed by atoms with Crippen LogP contribution in [0.1, 0.15) is 11.3 Å². The number of aromatic hydroxyl groups is 2. The Morgan fingerprint density at radius 3 is 2.89 bits per heavy atom. The summed E-state index contributed by atoms with van der Waals surface area (Å²) in [6.07, 6.45) is 0.846. The van der Waals surface area contributed by atoms with Crippen LogP contribution in [0.3, 0.4) is 0 Å². The molecule has 0 saturated carbocycles. The summed E-state index contributed by atoms with van der Waals surface area (Å²) >= 11 is 5.88. The molecule has 4 N–H and O–H groups in total. The van der Waals surface area contributed by atoms with E-state index in [-0.39, 0.29) is 16.5 Å². The van der Waals surface area contributed by atoms with Crippen LogP contribution < -0.4 is 5.32 Å². The van der Waals surface area contributed by atoms with E-state index in [0.717, 1.165) is 36.5 Å². The molecule has 0 aliphatic carbocycles. The fourth-order valence-electron chi connectivity index (χ4n) is 2.21. The molecule has 0 atom stereocenters. The number of rotatable bonds is 1. The Morgan fingerprint density at radius 2 is 2.06 bits per heavy atom. The van der Waals surface area contributed by atoms with Crippen molar-refractivity contribution in [3.05, 3.63) is 28.4 Å². The zero-order valence-corrected chi connectivity index (χ0v) is 10.3. The first-order valence-electron chi connectivity index (χ1n) is 5.65. The summed E-state index contributed by atoms with van der Waals surface area (Å²) in [6.45, 7) is 1.60. The van der Waals surface area contributed by atoms with Gasteiger partial charge in [0.15, 0.2) is 0 Å². The van der Waals surface area contributed by atoms with Gasteiger partial charge < -0.3 is 15.5 Å². The number of phenolic OH excluding ortho intramolecular Hbond substituents is 2. The Balaban J connectivity index is 2.15. The van der Waals surface area contributed by atoms with Gasteiger partial charge in [-0.1, -0.05) is 11.6 Å². The first kappa shape index (κ1) is 11.4. The summed E-state index contributed by atoms with van der Waals surface area (Å²) in [5.41, 5.74) is 3.38. The van der Waals surface area contributed by atoms with Gasteiger partial charge in [0.05, 0.1) is 16.4 Å². The van der Waals surface area contributed by atoms with E-state index in [1.54, 1.807) is 6.07 Å². The van der Waals surface area contributed by atoms with E-state index in [1.165, 1.54) is 6.07 Å². The van der Waals surface area contributed by atoms with Crippen LogP contribution in [0, 0.1) is 0 Å². The molecule has 0 saturated heterocycles. The van der Waals surface area contributed by atoms with Crippen molar-refractivity contribution in [2.45, 2.75) is 13.0 Å². The second-order valence-electron chi connectivity index (χ2n) is 4.27. The fourth-order valence-corrected chi connectivity index (χ4v) is 2.38. The predicted octanol–water partition coefficient (Wildman–Crippen LogP) is 1.79. The third-order valence-electron chi connectivity index (χ3n) is 3.13. The number of fused-ring (bicyclic) bond motifs is 1. The molecule has 6 heteroatoms. The van der Waals surface area contributed by atoms with Gasteiger partial charge >= 0.3 is 0 Å². The van der Waals surface area contributed by atoms with Crippen molar-refractivity contribution in [3.63, 3.8) is 0 Å². The molecular formula is C12H12ClN3O2. The molecule has 0 radical (unpaired) electrons. The highest BCUT2D eigenvalue weighted by Crippen LogP contribution is 2.38. The SMILES string of the molecule is Oc1cc(O)c(-c2[nH]nc3c2CCNC3)cc1Cl. The highest BCUT2D eigenvalue weighted by molar-refractivity contribution is 6.32. The van der Waals surface area contributed by atoms with Gasteiger partial charge in [0.2, 0.25) is 0 Å². The molecule has 1 aromatic heterocycles. The summed E-state index contributed by atoms with van der Waals surface area (Å²) in [6, 6.07) is 2.79. The molecule has 0 spiro atoms. The number of halogens is 1. The van der Waals surface area contributed by atoms with E-state index in [9.17, 15) is 10.2 Å². The predicted molar refractivity (Wildman–Crippen MR) is 67.8 cm³/mol. The molecule has 3 rings (SSSR count). The number of nitrogens with zero attached hydrogens (tertiary/aromatic N) is 1. The van der Waals surface area contributed by atoms with E-state index in [0.29, 0.717) is 5.56 Å². The van der Waals surface area contributed by atoms with E-state index in [1.807, 2.05) is 0 Å². The Labute approximate surface area is 108 Å². The van der Waals surface area contributed by atoms with Crippen LogP contribution in [-0.4, -0.2) is 27.0 Å². The summed E-state index contributed by atoms with van der Waals surface area (Å²) in [5, 5.41) is 29.9. The second kappa shape index (κ2) is 4.19. The smallest absolute Gasteiger partial charge is 0.137 e. The van der Waals surface area contributed by atoms with Crippen molar-refractivity contribution >= 4 is 11.6 Å². The lowest BCUT2D eigenvalue weighted by Gasteiger charge is -2.13. The summed E-state index contributed by atoms with van der Waals surface area (Å²) in [5.74, 6) is -0.144. The number of aromatic nitrogens is 2. The molecule has 1 aliphatic rings. The van der Waals surface area contributed by atoms with E-state index >= 15 is 0 Å². The average Bonchev–Trinajstić information content (AvgIpc) is 2.78. The summed E-state index contributed by atoms with van der Waals surface area (Å²) < 4.78 is 0. The van der Waals surface area contributed by atoms with Crippen molar-refractivity contribution in [1.29, 1.82) is 0 Å². The fraction of sp³-hybridized carbons (Fsp3) is 0.250. The highest BCUT2D eigenvalue weighted by Gasteiger charge is 2.20. The van der Waals surface area contributed by atoms with Gasteiger partial charge in [-0.25, -0.2) is 0 Å². The van der Waals surface area contributed by atoms with E-state index in [2.05, 4.69) is 15.5 Å². The monoisotopic (exact) mass is 265 g/mol. The van der Waals surface area contributed by atoms with Crippen molar-refractivity contribution in [2.75, 3.05) is 6.54 Å². The van der Waals surface area contributed by atoms with Crippen molar-refractivity contribution in [2.24, 2.45) is 0 Å². The largest absolute Gasteiger partial charge is 0.507 e. The molecule has 1 aliphatic heterocycles. The maximum Gasteiger partial charge on any atom is 0.137 e. The normalized spacial score (nSPS) is 14.5. The third kappa shape index (κ3) is 1.72. The highest BCUT2D eigenvalue weighted by atomic mass is 35.5. The molecule has 2 heterocycles. The maximum atomic E-state index is 9.91. The molecule has 0 bridgehead atoms. The van der Waals surface area contributed by atoms with Gasteiger partial charge in [-0.05, 0) is 19.0 Å². The van der Waals surface area contributed by atoms with Gasteiger partial charge in [-0.15, -0.1) is 0 Å². The maximum absolute atomic E-state index is 9.91. The van der Waals surface area contributed by atoms with Crippen LogP contribution in [0.15, 0.2) is 12.1 Å². The first-order valence-corrected chi connectivity index (χ1v) is 6.03. The van der Waals surface area contributed by atoms with Gasteiger partial charge in [-0.3, -0.25) is 5.10 Å². The molecule has 0 amide bonds. The molecule has 94 valence electrons. The van der Waals surface area contributed by atoms with Crippen LogP contribution in [-0.2, 0) is 13.0 Å². The number of H-pyrrole nitrogens is 1. The van der Waals surface area contributed by atoms with Crippen molar-refractivity contribution < 1.29 is 10.2 Å². The van der Waals surface area contributed by atoms with Crippen molar-refractivity contribution in [3.8, 4) is 22.8 Å². The van der Waals surface area contributed by atoms with Crippen LogP contribution in [0.2, 0.25) is 5.02 Å². The lowest BCUT2D eigenvalue weighted by Crippen LogP contribution is -2.23. The molecule has 18 heavy (non-hydrogen) atoms. The van der Waals surface area contributed by atoms with Gasteiger partial charge in [0.25, 0.3) is 0 Å². The van der Waals surface area contributed by atoms with Crippen LogP contribution in [0.5, 0.6) is 11.5 Å². The molecule has 1 aromatic carbocycles. The van der Waals surface area contributed by atoms with Crippen molar-refractivity contribution in [1.82, 2.24) is 15.5 Å². The second-order valence-corrected chi connectivity index (χ2v) is 4.68. The minimum atomic E-state index is -0.132. The summed E-state index contributed by atoms with van der Waals surface area (Å²) in [7, 11) is 0. The van der Waals surface area contributed by atoms with Crippen LogP contribution in [0.25, 0.3) is 11.3 Å². The quantitative estimate of drug-likeness (QED) is 0.634. The Morgan fingerprint density at radius 1 is 1.22 bits per heavy atom. The van der Waals surface area contributed by atoms with Gasteiger partial charge in [-0.2, -0.15) is 5.10 Å². The Bertz CT molecular complexity index is 610. The minimum Gasteiger partial charge on any atom is -0.507 e. The first-order chi connectivity index (χ1) is 8.66. The number of benzene rings is 1. The standard InChI is InChI=1S/C12H12ClN3O2/c13-8-3-7(10(17)4-11(8)18)12-6-1-2-14-5-9(6)15-16-12/h3-4,14,17-18H,1-2,5H2,(H,15,16). The molecule has 2 aromatic rings. The number of hydrogen-bond acceptors (Lipinski definition) is 4. The minimum absolute atomic E-state index is 0.0121. The van der Waals surface area contributed by atoms with Gasteiger partial charge in [0.1, 0.15) is 11.5 Å². The number of hydrogen-bond donors (Lipinski definition) is 4. The zero-order chi connectivity index (χ0) is 12.7. The topological polar surface area (TPSA) is 81.2 Å². The van der Waals surface area contributed by atoms with E-state index in [4.69, 9.17) is 11.6 Å². The lowest BCUT2D eigenvalue weighted by atomic mass is 10.0. The average molecular weight is 266 g/mol. The molecule has 5 nitrogen and oxygen atoms in total. The molecular weight excluding hydrogens is 254 g/mol. The number of phenols is 2. The number of nitrogens with one attached hydrogen (secondary N) is 2. The van der Waals surface area contributed by atoms with E-state index < -0.39 is 0 Å². The van der Waals surface area contributed by atoms with Gasteiger partial charge in [0, 0.05) is 23.7 Å². The Kier molecular flexibility index (Phi) is 2.65. The number of aromatic amines is 1.